The van der Waals surface area contributed by atoms with E-state index in [4.69, 9.17) is 4.74 Å². The Kier molecular flexibility index (Phi) is 6.73. The number of piperidine rings is 1. The molecule has 2 N–H and O–H groups in total. The largest absolute Gasteiger partial charge is 0.456 e. The quantitative estimate of drug-likeness (QED) is 0.406. The second-order valence-electron chi connectivity index (χ2n) is 8.61. The van der Waals surface area contributed by atoms with Gasteiger partial charge in [0.2, 0.25) is 0 Å². The maximum absolute atomic E-state index is 13.1. The van der Waals surface area contributed by atoms with Crippen molar-refractivity contribution in [3.63, 3.8) is 0 Å². The number of benzene rings is 2. The number of amides is 1. The molecule has 0 aliphatic carbocycles. The van der Waals surface area contributed by atoms with Crippen LogP contribution >= 0.6 is 0 Å². The number of likely N-dealkylation sites (tertiary alicyclic amines) is 1. The van der Waals surface area contributed by atoms with Crippen molar-refractivity contribution in [2.45, 2.75) is 25.8 Å². The van der Waals surface area contributed by atoms with E-state index in [-0.39, 0.29) is 11.9 Å². The minimum absolute atomic E-state index is 0.138. The van der Waals surface area contributed by atoms with Crippen molar-refractivity contribution in [3.05, 3.63) is 72.7 Å². The van der Waals surface area contributed by atoms with Crippen LogP contribution in [0.1, 0.15) is 30.3 Å². The van der Waals surface area contributed by atoms with Crippen molar-refractivity contribution < 1.29 is 9.53 Å². The SMILES string of the molecule is CC#CCN1CCC(NC(=O)c2n[nH]c3ccc(-c4cncc(Oc5ccccc5)c4)cc23)CC1. The summed E-state index contributed by atoms with van der Waals surface area (Å²) in [7, 11) is 0. The number of nitrogens with one attached hydrogen (secondary N) is 2. The lowest BCUT2D eigenvalue weighted by atomic mass is 10.0. The van der Waals surface area contributed by atoms with E-state index in [2.05, 4.69) is 37.2 Å². The maximum Gasteiger partial charge on any atom is 0.272 e. The third-order valence-electron chi connectivity index (χ3n) is 6.21. The van der Waals surface area contributed by atoms with E-state index >= 15 is 0 Å². The van der Waals surface area contributed by atoms with Crippen molar-refractivity contribution in [1.29, 1.82) is 0 Å². The number of carbonyl (C=O) groups is 1. The number of nitrogens with zero attached hydrogens (tertiary/aromatic N) is 3. The van der Waals surface area contributed by atoms with Crippen LogP contribution in [0.15, 0.2) is 67.0 Å². The molecule has 0 unspecified atom stereocenters. The molecule has 0 spiro atoms. The van der Waals surface area contributed by atoms with E-state index < -0.39 is 0 Å². The second-order valence-corrected chi connectivity index (χ2v) is 8.61. The monoisotopic (exact) mass is 465 g/mol. The molecule has 0 radical (unpaired) electrons. The van der Waals surface area contributed by atoms with Gasteiger partial charge in [-0.15, -0.1) is 5.92 Å². The molecule has 1 fully saturated rings. The van der Waals surface area contributed by atoms with Gasteiger partial charge >= 0.3 is 0 Å². The van der Waals surface area contributed by atoms with Crippen LogP contribution in [0.3, 0.4) is 0 Å². The van der Waals surface area contributed by atoms with Crippen molar-refractivity contribution in [2.24, 2.45) is 0 Å². The van der Waals surface area contributed by atoms with E-state index in [0.717, 1.165) is 60.3 Å². The van der Waals surface area contributed by atoms with Gasteiger partial charge in [-0.1, -0.05) is 30.2 Å². The van der Waals surface area contributed by atoms with Crippen molar-refractivity contribution in [2.75, 3.05) is 19.6 Å². The van der Waals surface area contributed by atoms with Gasteiger partial charge in [0, 0.05) is 36.3 Å². The number of aromatic nitrogens is 3. The number of pyridine rings is 1. The molecule has 1 amide bonds. The molecule has 2 aromatic carbocycles. The molecule has 7 heteroatoms. The van der Waals surface area contributed by atoms with Crippen LogP contribution in [0.25, 0.3) is 22.0 Å². The Hall–Kier alpha value is -4.15. The lowest BCUT2D eigenvalue weighted by molar-refractivity contribution is 0.0911. The number of para-hydroxylation sites is 1. The van der Waals surface area contributed by atoms with Crippen LogP contribution in [0.5, 0.6) is 11.5 Å². The van der Waals surface area contributed by atoms with Crippen molar-refractivity contribution in [3.8, 4) is 34.5 Å². The van der Waals surface area contributed by atoms with E-state index in [1.165, 1.54) is 0 Å². The zero-order valence-corrected chi connectivity index (χ0v) is 19.6. The fraction of sp³-hybridized carbons (Fsp3) is 0.250. The van der Waals surface area contributed by atoms with Crippen molar-refractivity contribution in [1.82, 2.24) is 25.4 Å². The Bertz CT molecular complexity index is 1380. The van der Waals surface area contributed by atoms with Gasteiger partial charge in [0.25, 0.3) is 5.91 Å². The van der Waals surface area contributed by atoms with E-state index in [9.17, 15) is 4.79 Å². The fourth-order valence-corrected chi connectivity index (χ4v) is 4.30. The summed E-state index contributed by atoms with van der Waals surface area (Å²) < 4.78 is 5.93. The third kappa shape index (κ3) is 5.34. The van der Waals surface area contributed by atoms with E-state index in [1.807, 2.05) is 61.5 Å². The van der Waals surface area contributed by atoms with Gasteiger partial charge in [0.1, 0.15) is 11.5 Å². The molecular formula is C28H27N5O2. The first-order chi connectivity index (χ1) is 17.2. The highest BCUT2D eigenvalue weighted by Crippen LogP contribution is 2.29. The lowest BCUT2D eigenvalue weighted by Gasteiger charge is -2.30. The van der Waals surface area contributed by atoms with Crippen molar-refractivity contribution >= 4 is 16.8 Å². The average Bonchev–Trinajstić information content (AvgIpc) is 3.33. The Labute approximate surface area is 204 Å². The standard InChI is InChI=1S/C28H27N5O2/c1-2-3-13-33-14-11-22(12-15-33)30-28(34)27-25-17-20(9-10-26(25)31-32-27)21-16-24(19-29-18-21)35-23-7-5-4-6-8-23/h4-10,16-19,22H,11-15H2,1H3,(H,30,34)(H,31,32). The summed E-state index contributed by atoms with van der Waals surface area (Å²) in [5.41, 5.74) is 3.06. The second kappa shape index (κ2) is 10.4. The van der Waals surface area contributed by atoms with Gasteiger partial charge < -0.3 is 10.1 Å². The van der Waals surface area contributed by atoms with Gasteiger partial charge in [-0.25, -0.2) is 0 Å². The van der Waals surface area contributed by atoms with E-state index in [1.54, 1.807) is 12.4 Å². The molecule has 3 heterocycles. The predicted octanol–water partition coefficient (Wildman–Crippen LogP) is 4.63. The Morgan fingerprint density at radius 2 is 1.91 bits per heavy atom. The first kappa shape index (κ1) is 22.6. The van der Waals surface area contributed by atoms with Crippen LogP contribution in [0.2, 0.25) is 0 Å². The molecule has 0 saturated carbocycles. The number of fused-ring (bicyclic) bond motifs is 1. The Morgan fingerprint density at radius 3 is 2.71 bits per heavy atom. The molecule has 1 aliphatic rings. The summed E-state index contributed by atoms with van der Waals surface area (Å²) >= 11 is 0. The summed E-state index contributed by atoms with van der Waals surface area (Å²) in [5.74, 6) is 7.30. The van der Waals surface area contributed by atoms with E-state index in [0.29, 0.717) is 11.4 Å². The highest BCUT2D eigenvalue weighted by atomic mass is 16.5. The zero-order valence-electron chi connectivity index (χ0n) is 19.6. The Balaban J connectivity index is 1.31. The molecule has 2 aromatic heterocycles. The molecule has 7 nitrogen and oxygen atoms in total. The van der Waals surface area contributed by atoms with Gasteiger partial charge in [-0.05, 0) is 55.7 Å². The highest BCUT2D eigenvalue weighted by Gasteiger charge is 2.23. The summed E-state index contributed by atoms with van der Waals surface area (Å²) in [4.78, 5) is 19.7. The summed E-state index contributed by atoms with van der Waals surface area (Å²) in [6, 6.07) is 17.6. The van der Waals surface area contributed by atoms with Gasteiger partial charge in [0.15, 0.2) is 5.69 Å². The van der Waals surface area contributed by atoms with Gasteiger partial charge in [0.05, 0.1) is 18.3 Å². The number of hydrogen-bond acceptors (Lipinski definition) is 5. The molecule has 0 atom stereocenters. The molecule has 176 valence electrons. The first-order valence-corrected chi connectivity index (χ1v) is 11.8. The average molecular weight is 466 g/mol. The molecule has 0 bridgehead atoms. The summed E-state index contributed by atoms with van der Waals surface area (Å²) in [6.07, 6.45) is 5.29. The topological polar surface area (TPSA) is 83.1 Å². The van der Waals surface area contributed by atoms with Gasteiger partial charge in [-0.3, -0.25) is 19.8 Å². The summed E-state index contributed by atoms with van der Waals surface area (Å²) in [5, 5.41) is 11.3. The number of carbonyl (C=O) groups excluding carboxylic acids is 1. The Morgan fingerprint density at radius 1 is 1.09 bits per heavy atom. The molecule has 4 aromatic rings. The molecular weight excluding hydrogens is 438 g/mol. The molecule has 1 aliphatic heterocycles. The molecule has 1 saturated heterocycles. The highest BCUT2D eigenvalue weighted by molar-refractivity contribution is 6.05. The van der Waals surface area contributed by atoms with Gasteiger partial charge in [-0.2, -0.15) is 5.10 Å². The fourth-order valence-electron chi connectivity index (χ4n) is 4.30. The number of hydrogen-bond donors (Lipinski definition) is 2. The molecule has 5 rings (SSSR count). The predicted molar refractivity (Wildman–Crippen MR) is 136 cm³/mol. The van der Waals surface area contributed by atoms with Crippen LogP contribution < -0.4 is 10.1 Å². The third-order valence-corrected chi connectivity index (χ3v) is 6.21. The van der Waals surface area contributed by atoms with Crippen LogP contribution in [-0.4, -0.2) is 51.7 Å². The van der Waals surface area contributed by atoms with Crippen LogP contribution in [-0.2, 0) is 0 Å². The number of ether oxygens (including phenoxy) is 1. The minimum Gasteiger partial charge on any atom is -0.456 e. The molecule has 35 heavy (non-hydrogen) atoms. The lowest BCUT2D eigenvalue weighted by Crippen LogP contribution is -2.44. The van der Waals surface area contributed by atoms with Crippen LogP contribution in [0.4, 0.5) is 0 Å². The number of rotatable bonds is 6. The maximum atomic E-state index is 13.1. The van der Waals surface area contributed by atoms with Crippen LogP contribution in [0, 0.1) is 11.8 Å². The zero-order chi connectivity index (χ0) is 24.0. The normalized spacial score (nSPS) is 14.3. The first-order valence-electron chi connectivity index (χ1n) is 11.8. The smallest absolute Gasteiger partial charge is 0.272 e. The summed E-state index contributed by atoms with van der Waals surface area (Å²) in [6.45, 7) is 4.51. The number of H-pyrrole nitrogens is 1. The number of aromatic amines is 1. The minimum atomic E-state index is -0.153.